The van der Waals surface area contributed by atoms with Gasteiger partial charge in [0.15, 0.2) is 6.04 Å². The molecule has 2 aromatic carbocycles. The van der Waals surface area contributed by atoms with Gasteiger partial charge < -0.3 is 15.0 Å². The van der Waals surface area contributed by atoms with E-state index in [9.17, 15) is 17.6 Å². The number of rotatable bonds is 6. The Morgan fingerprint density at radius 1 is 1.17 bits per heavy atom. The number of sulfonamides is 1. The van der Waals surface area contributed by atoms with Crippen molar-refractivity contribution >= 4 is 21.6 Å². The maximum Gasteiger partial charge on any atom is 0.282 e. The number of quaternary nitrogens is 1. The first-order valence-corrected chi connectivity index (χ1v) is 10.8. The molecular formula is C20H25FN3O4S+. The zero-order valence-corrected chi connectivity index (χ0v) is 17.2. The van der Waals surface area contributed by atoms with Crippen molar-refractivity contribution in [3.8, 4) is 5.75 Å². The number of amides is 1. The van der Waals surface area contributed by atoms with Gasteiger partial charge in [0.05, 0.1) is 33.3 Å². The summed E-state index contributed by atoms with van der Waals surface area (Å²) in [5.74, 6) is -0.262. The lowest BCUT2D eigenvalue weighted by atomic mass is 10.2. The van der Waals surface area contributed by atoms with Crippen LogP contribution in [0.15, 0.2) is 53.4 Å². The Kier molecular flexibility index (Phi) is 6.51. The van der Waals surface area contributed by atoms with Crippen LogP contribution in [0.1, 0.15) is 6.92 Å². The monoisotopic (exact) mass is 422 g/mol. The largest absolute Gasteiger partial charge is 0.497 e. The molecule has 0 bridgehead atoms. The molecule has 3 rings (SSSR count). The third-order valence-corrected chi connectivity index (χ3v) is 7.09. The summed E-state index contributed by atoms with van der Waals surface area (Å²) in [5.41, 5.74) is 0.640. The van der Waals surface area contributed by atoms with Crippen molar-refractivity contribution in [3.63, 3.8) is 0 Å². The highest BCUT2D eigenvalue weighted by Gasteiger charge is 2.35. The Morgan fingerprint density at radius 3 is 2.52 bits per heavy atom. The standard InChI is InChI=1S/C20H24FN3O4S/c1-15(20(25)22-16-6-5-7-17(14-16)28-2)23-10-12-24(13-11-23)29(26,27)19-9-4-3-8-18(19)21/h3-9,14-15H,10-13H2,1-2H3,(H,22,25)/p+1/t15-/m1/s1. The van der Waals surface area contributed by atoms with E-state index in [0.717, 1.165) is 11.0 Å². The van der Waals surface area contributed by atoms with Crippen LogP contribution in [0.3, 0.4) is 0 Å². The van der Waals surface area contributed by atoms with Crippen molar-refractivity contribution in [2.24, 2.45) is 0 Å². The van der Waals surface area contributed by atoms with Gasteiger partial charge in [0.1, 0.15) is 16.5 Å². The van der Waals surface area contributed by atoms with E-state index >= 15 is 0 Å². The van der Waals surface area contributed by atoms with Gasteiger partial charge in [0.2, 0.25) is 10.0 Å². The molecule has 156 valence electrons. The van der Waals surface area contributed by atoms with Crippen LogP contribution in [-0.2, 0) is 14.8 Å². The van der Waals surface area contributed by atoms with Gasteiger partial charge in [-0.25, -0.2) is 12.8 Å². The van der Waals surface area contributed by atoms with Gasteiger partial charge in [-0.3, -0.25) is 4.79 Å². The molecule has 0 unspecified atom stereocenters. The first kappa shape index (κ1) is 21.2. The molecule has 1 atom stereocenters. The number of hydrogen-bond donors (Lipinski definition) is 2. The molecular weight excluding hydrogens is 397 g/mol. The van der Waals surface area contributed by atoms with Gasteiger partial charge in [-0.1, -0.05) is 18.2 Å². The van der Waals surface area contributed by atoms with Crippen LogP contribution in [0, 0.1) is 5.82 Å². The molecule has 0 radical (unpaired) electrons. The molecule has 2 aromatic rings. The van der Waals surface area contributed by atoms with E-state index in [0.29, 0.717) is 24.5 Å². The third kappa shape index (κ3) is 4.75. The van der Waals surface area contributed by atoms with Gasteiger partial charge in [0.25, 0.3) is 5.91 Å². The third-order valence-electron chi connectivity index (χ3n) is 5.16. The van der Waals surface area contributed by atoms with E-state index in [-0.39, 0.29) is 29.9 Å². The molecule has 0 aromatic heterocycles. The van der Waals surface area contributed by atoms with Gasteiger partial charge in [-0.2, -0.15) is 4.31 Å². The van der Waals surface area contributed by atoms with Crippen molar-refractivity contribution in [1.82, 2.24) is 4.31 Å². The molecule has 29 heavy (non-hydrogen) atoms. The second-order valence-corrected chi connectivity index (χ2v) is 8.84. The lowest BCUT2D eigenvalue weighted by Crippen LogP contribution is -3.19. The number of anilines is 1. The number of benzene rings is 2. The molecule has 0 saturated carbocycles. The van der Waals surface area contributed by atoms with Crippen LogP contribution >= 0.6 is 0 Å². The van der Waals surface area contributed by atoms with Crippen molar-refractivity contribution in [2.45, 2.75) is 17.9 Å². The molecule has 1 saturated heterocycles. The number of ether oxygens (including phenoxy) is 1. The molecule has 1 heterocycles. The number of hydrogen-bond acceptors (Lipinski definition) is 4. The van der Waals surface area contributed by atoms with Crippen molar-refractivity contribution < 1.29 is 27.2 Å². The summed E-state index contributed by atoms with van der Waals surface area (Å²) in [6, 6.07) is 12.1. The van der Waals surface area contributed by atoms with Crippen LogP contribution in [0.5, 0.6) is 5.75 Å². The second-order valence-electron chi connectivity index (χ2n) is 6.94. The Hall–Kier alpha value is -2.49. The predicted octanol–water partition coefficient (Wildman–Crippen LogP) is 0.751. The first-order valence-electron chi connectivity index (χ1n) is 9.37. The fourth-order valence-corrected chi connectivity index (χ4v) is 4.88. The van der Waals surface area contributed by atoms with Gasteiger partial charge in [0, 0.05) is 11.8 Å². The van der Waals surface area contributed by atoms with Crippen LogP contribution in [-0.4, -0.2) is 58.0 Å². The molecule has 7 nitrogen and oxygen atoms in total. The fourth-order valence-electron chi connectivity index (χ4n) is 3.38. The van der Waals surface area contributed by atoms with E-state index in [2.05, 4.69) is 5.32 Å². The molecule has 0 spiro atoms. The van der Waals surface area contributed by atoms with Crippen LogP contribution in [0.2, 0.25) is 0 Å². The first-order chi connectivity index (χ1) is 13.8. The Balaban J connectivity index is 1.61. The molecule has 2 N–H and O–H groups in total. The van der Waals surface area contributed by atoms with Crippen molar-refractivity contribution in [2.75, 3.05) is 38.6 Å². The van der Waals surface area contributed by atoms with Crippen molar-refractivity contribution in [1.29, 1.82) is 0 Å². The number of methoxy groups -OCH3 is 1. The molecule has 1 aliphatic heterocycles. The normalized spacial score (nSPS) is 16.9. The Morgan fingerprint density at radius 2 is 1.86 bits per heavy atom. The smallest absolute Gasteiger partial charge is 0.282 e. The molecule has 1 aliphatic rings. The minimum Gasteiger partial charge on any atom is -0.497 e. The molecule has 1 fully saturated rings. The van der Waals surface area contributed by atoms with E-state index in [1.54, 1.807) is 31.4 Å². The van der Waals surface area contributed by atoms with E-state index in [1.807, 2.05) is 6.92 Å². The average Bonchev–Trinajstić information content (AvgIpc) is 2.73. The summed E-state index contributed by atoms with van der Waals surface area (Å²) in [6.07, 6.45) is 0. The summed E-state index contributed by atoms with van der Waals surface area (Å²) >= 11 is 0. The predicted molar refractivity (Wildman–Crippen MR) is 107 cm³/mol. The zero-order chi connectivity index (χ0) is 21.0. The lowest BCUT2D eigenvalue weighted by Gasteiger charge is -2.34. The van der Waals surface area contributed by atoms with E-state index < -0.39 is 15.8 Å². The average molecular weight is 423 g/mol. The van der Waals surface area contributed by atoms with Gasteiger partial charge >= 0.3 is 0 Å². The summed E-state index contributed by atoms with van der Waals surface area (Å²) in [7, 11) is -2.33. The summed E-state index contributed by atoms with van der Waals surface area (Å²) in [4.78, 5) is 13.3. The highest BCUT2D eigenvalue weighted by molar-refractivity contribution is 7.89. The van der Waals surface area contributed by atoms with Crippen LogP contribution in [0.4, 0.5) is 10.1 Å². The second kappa shape index (κ2) is 8.89. The number of halogens is 1. The highest BCUT2D eigenvalue weighted by Crippen LogP contribution is 2.19. The molecule has 0 aliphatic carbocycles. The summed E-state index contributed by atoms with van der Waals surface area (Å²) in [5, 5.41) is 2.87. The van der Waals surface area contributed by atoms with Crippen molar-refractivity contribution in [3.05, 3.63) is 54.3 Å². The minimum atomic E-state index is -3.89. The van der Waals surface area contributed by atoms with E-state index in [1.165, 1.54) is 22.5 Å². The van der Waals surface area contributed by atoms with Gasteiger partial charge in [-0.15, -0.1) is 0 Å². The maximum absolute atomic E-state index is 13.9. The molecule has 1 amide bonds. The highest BCUT2D eigenvalue weighted by atomic mass is 32.2. The number of nitrogens with one attached hydrogen (secondary N) is 2. The SMILES string of the molecule is COc1cccc(NC(=O)[C@@H](C)[NH+]2CCN(S(=O)(=O)c3ccccc3F)CC2)c1. The van der Waals surface area contributed by atoms with Gasteiger partial charge in [-0.05, 0) is 31.2 Å². The Bertz CT molecular complexity index is 975. The lowest BCUT2D eigenvalue weighted by molar-refractivity contribution is -0.917. The maximum atomic E-state index is 13.9. The summed E-state index contributed by atoms with van der Waals surface area (Å²) < 4.78 is 45.8. The van der Waals surface area contributed by atoms with Crippen LogP contribution in [0.25, 0.3) is 0 Å². The zero-order valence-electron chi connectivity index (χ0n) is 16.4. The number of carbonyl (C=O) groups is 1. The number of piperazine rings is 1. The quantitative estimate of drug-likeness (QED) is 0.720. The molecule has 9 heteroatoms. The van der Waals surface area contributed by atoms with Crippen LogP contribution < -0.4 is 15.0 Å². The number of carbonyl (C=O) groups excluding carboxylic acids is 1. The van der Waals surface area contributed by atoms with E-state index in [4.69, 9.17) is 4.74 Å². The Labute approximate surface area is 170 Å². The summed E-state index contributed by atoms with van der Waals surface area (Å²) in [6.45, 7) is 3.18. The fraction of sp³-hybridized carbons (Fsp3) is 0.350. The number of nitrogens with zero attached hydrogens (tertiary/aromatic N) is 1. The minimum absolute atomic E-state index is 0.154. The topological polar surface area (TPSA) is 80.2 Å².